The third-order valence-corrected chi connectivity index (χ3v) is 4.21. The van der Waals surface area contributed by atoms with Crippen molar-refractivity contribution in [1.29, 1.82) is 0 Å². The summed E-state index contributed by atoms with van der Waals surface area (Å²) < 4.78 is 5.25. The number of nitrogens with one attached hydrogen (secondary N) is 1. The van der Waals surface area contributed by atoms with Crippen molar-refractivity contribution in [2.45, 2.75) is 50.2 Å². The second-order valence-corrected chi connectivity index (χ2v) is 5.72. The average Bonchev–Trinajstić information content (AvgIpc) is 3.19. The smallest absolute Gasteiger partial charge is 0.240 e. The van der Waals surface area contributed by atoms with Gasteiger partial charge >= 0.3 is 0 Å². The van der Waals surface area contributed by atoms with Gasteiger partial charge in [-0.15, -0.1) is 24.8 Å². The van der Waals surface area contributed by atoms with Crippen LogP contribution in [-0.2, 0) is 9.53 Å². The van der Waals surface area contributed by atoms with Crippen molar-refractivity contribution in [3.8, 4) is 0 Å². The normalized spacial score (nSPS) is 22.4. The summed E-state index contributed by atoms with van der Waals surface area (Å²) in [7, 11) is 2.13. The van der Waals surface area contributed by atoms with Gasteiger partial charge in [-0.1, -0.05) is 0 Å². The van der Waals surface area contributed by atoms with Crippen molar-refractivity contribution in [2.24, 2.45) is 5.73 Å². The molecule has 0 radical (unpaired) electrons. The van der Waals surface area contributed by atoms with Gasteiger partial charge in [-0.05, 0) is 39.7 Å². The molecule has 120 valence electrons. The lowest BCUT2D eigenvalue weighted by atomic mass is 9.90. The maximum atomic E-state index is 12.1. The summed E-state index contributed by atoms with van der Waals surface area (Å²) in [6, 6.07) is 1.08. The van der Waals surface area contributed by atoms with Crippen LogP contribution in [0.1, 0.15) is 32.6 Å². The van der Waals surface area contributed by atoms with E-state index in [2.05, 4.69) is 24.2 Å². The molecule has 2 rings (SSSR count). The quantitative estimate of drug-likeness (QED) is 0.788. The van der Waals surface area contributed by atoms with Crippen LogP contribution < -0.4 is 11.1 Å². The van der Waals surface area contributed by atoms with Gasteiger partial charge in [0.2, 0.25) is 5.91 Å². The van der Waals surface area contributed by atoms with E-state index in [0.717, 1.165) is 0 Å². The van der Waals surface area contributed by atoms with E-state index in [1.807, 2.05) is 0 Å². The van der Waals surface area contributed by atoms with Crippen molar-refractivity contribution in [3.63, 3.8) is 0 Å². The molecule has 0 bridgehead atoms. The molecule has 1 atom stereocenters. The summed E-state index contributed by atoms with van der Waals surface area (Å²) in [4.78, 5) is 14.5. The van der Waals surface area contributed by atoms with Gasteiger partial charge in [0, 0.05) is 31.8 Å². The lowest BCUT2D eigenvalue weighted by molar-refractivity contribution is -0.130. The van der Waals surface area contributed by atoms with E-state index in [0.29, 0.717) is 44.7 Å². The van der Waals surface area contributed by atoms with Gasteiger partial charge in [0.15, 0.2) is 0 Å². The van der Waals surface area contributed by atoms with Crippen molar-refractivity contribution in [2.75, 3.05) is 26.8 Å². The maximum Gasteiger partial charge on any atom is 0.240 e. The number of amides is 1. The first kappa shape index (κ1) is 19.9. The fourth-order valence-electron chi connectivity index (χ4n) is 2.36. The molecular weight excluding hydrogens is 301 g/mol. The molecule has 1 heterocycles. The lowest BCUT2D eigenvalue weighted by Gasteiger charge is -2.33. The second-order valence-electron chi connectivity index (χ2n) is 5.72. The minimum atomic E-state index is -0.726. The van der Waals surface area contributed by atoms with Crippen LogP contribution in [0.3, 0.4) is 0 Å². The van der Waals surface area contributed by atoms with Crippen molar-refractivity contribution >= 4 is 30.7 Å². The minimum absolute atomic E-state index is 0. The number of hydrogen-bond acceptors (Lipinski definition) is 4. The largest absolute Gasteiger partial charge is 0.381 e. The Balaban J connectivity index is 0.00000180. The fraction of sp³-hybridized carbons (Fsp3) is 0.923. The van der Waals surface area contributed by atoms with E-state index in [9.17, 15) is 4.79 Å². The van der Waals surface area contributed by atoms with Gasteiger partial charge in [0.25, 0.3) is 0 Å². The molecule has 2 aliphatic rings. The van der Waals surface area contributed by atoms with Crippen LogP contribution >= 0.6 is 24.8 Å². The SMILES string of the molecule is CC(CNC(=O)C1(N)CCOCC1)N(C)C1CC1.Cl.Cl. The zero-order valence-electron chi connectivity index (χ0n) is 12.3. The fourth-order valence-corrected chi connectivity index (χ4v) is 2.36. The zero-order chi connectivity index (χ0) is 13.2. The number of ether oxygens (including phenoxy) is 1. The molecule has 5 nitrogen and oxygen atoms in total. The van der Waals surface area contributed by atoms with E-state index >= 15 is 0 Å². The number of nitrogens with zero attached hydrogens (tertiary/aromatic N) is 1. The molecule has 1 saturated heterocycles. The summed E-state index contributed by atoms with van der Waals surface area (Å²) >= 11 is 0. The zero-order valence-corrected chi connectivity index (χ0v) is 13.9. The summed E-state index contributed by atoms with van der Waals surface area (Å²) in [5.41, 5.74) is 5.41. The summed E-state index contributed by atoms with van der Waals surface area (Å²) in [5, 5.41) is 3.00. The van der Waals surface area contributed by atoms with Crippen molar-refractivity contribution in [3.05, 3.63) is 0 Å². The average molecular weight is 328 g/mol. The first-order chi connectivity index (χ1) is 8.53. The standard InChI is InChI=1S/C13H25N3O2.2ClH/c1-10(16(2)11-3-4-11)9-15-12(17)13(14)5-7-18-8-6-13;;/h10-11H,3-9,14H2,1-2H3,(H,15,17);2*1H. The molecule has 0 aromatic heterocycles. The molecule has 1 amide bonds. The van der Waals surface area contributed by atoms with Gasteiger partial charge in [-0.3, -0.25) is 9.69 Å². The Kier molecular flexibility index (Phi) is 8.36. The molecule has 0 spiro atoms. The first-order valence-electron chi connectivity index (χ1n) is 6.90. The molecular formula is C13H27Cl2N3O2. The molecule has 0 aromatic rings. The van der Waals surface area contributed by atoms with Gasteiger partial charge in [-0.25, -0.2) is 0 Å². The van der Waals surface area contributed by atoms with Crippen LogP contribution in [0.5, 0.6) is 0 Å². The van der Waals surface area contributed by atoms with Gasteiger partial charge in [0.05, 0.1) is 5.54 Å². The van der Waals surface area contributed by atoms with Crippen LogP contribution in [0.2, 0.25) is 0 Å². The molecule has 1 aliphatic carbocycles. The Morgan fingerprint density at radius 2 is 1.95 bits per heavy atom. The van der Waals surface area contributed by atoms with Crippen LogP contribution in [0, 0.1) is 0 Å². The second kappa shape index (κ2) is 8.39. The monoisotopic (exact) mass is 327 g/mol. The highest BCUT2D eigenvalue weighted by Gasteiger charge is 2.36. The van der Waals surface area contributed by atoms with Crippen molar-refractivity contribution < 1.29 is 9.53 Å². The third-order valence-electron chi connectivity index (χ3n) is 4.21. The van der Waals surface area contributed by atoms with E-state index in [1.165, 1.54) is 12.8 Å². The predicted octanol–water partition coefficient (Wildman–Crippen LogP) is 0.937. The van der Waals surface area contributed by atoms with E-state index in [-0.39, 0.29) is 30.7 Å². The summed E-state index contributed by atoms with van der Waals surface area (Å²) in [6.45, 7) is 3.99. The highest BCUT2D eigenvalue weighted by molar-refractivity contribution is 5.86. The molecule has 0 aromatic carbocycles. The van der Waals surface area contributed by atoms with Gasteiger partial charge in [0.1, 0.15) is 0 Å². The Bertz CT molecular complexity index is 308. The topological polar surface area (TPSA) is 67.6 Å². The highest BCUT2D eigenvalue weighted by Crippen LogP contribution is 2.26. The molecule has 3 N–H and O–H groups in total. The predicted molar refractivity (Wildman–Crippen MR) is 84.7 cm³/mol. The number of carbonyl (C=O) groups excluding carboxylic acids is 1. The Morgan fingerprint density at radius 3 is 2.45 bits per heavy atom. The van der Waals surface area contributed by atoms with Gasteiger partial charge < -0.3 is 15.8 Å². The molecule has 20 heavy (non-hydrogen) atoms. The molecule has 1 saturated carbocycles. The first-order valence-corrected chi connectivity index (χ1v) is 6.90. The Labute approximate surface area is 133 Å². The Morgan fingerprint density at radius 1 is 1.40 bits per heavy atom. The van der Waals surface area contributed by atoms with Gasteiger partial charge in [-0.2, -0.15) is 0 Å². The highest BCUT2D eigenvalue weighted by atomic mass is 35.5. The molecule has 7 heteroatoms. The minimum Gasteiger partial charge on any atom is -0.381 e. The van der Waals surface area contributed by atoms with Crippen LogP contribution in [-0.4, -0.2) is 55.2 Å². The van der Waals surface area contributed by atoms with Crippen LogP contribution in [0.25, 0.3) is 0 Å². The Hall–Kier alpha value is -0.0700. The molecule has 1 unspecified atom stereocenters. The van der Waals surface area contributed by atoms with Crippen molar-refractivity contribution in [1.82, 2.24) is 10.2 Å². The third kappa shape index (κ3) is 5.04. The molecule has 2 fully saturated rings. The van der Waals surface area contributed by atoms with E-state index in [1.54, 1.807) is 0 Å². The number of nitrogens with two attached hydrogens (primary N) is 1. The lowest BCUT2D eigenvalue weighted by Crippen LogP contribution is -2.58. The molecule has 1 aliphatic heterocycles. The summed E-state index contributed by atoms with van der Waals surface area (Å²) in [6.07, 6.45) is 3.80. The van der Waals surface area contributed by atoms with Crippen LogP contribution in [0.15, 0.2) is 0 Å². The maximum absolute atomic E-state index is 12.1. The number of rotatable bonds is 5. The number of carbonyl (C=O) groups is 1. The number of hydrogen-bond donors (Lipinski definition) is 2. The van der Waals surface area contributed by atoms with E-state index < -0.39 is 5.54 Å². The van der Waals surface area contributed by atoms with E-state index in [4.69, 9.17) is 10.5 Å². The number of halogens is 2. The van der Waals surface area contributed by atoms with Crippen LogP contribution in [0.4, 0.5) is 0 Å². The number of likely N-dealkylation sites (N-methyl/N-ethyl adjacent to an activating group) is 1. The summed E-state index contributed by atoms with van der Waals surface area (Å²) in [5.74, 6) is -0.0261.